The molecule has 1 aromatic heterocycles. The summed E-state index contributed by atoms with van der Waals surface area (Å²) in [6, 6.07) is 0.999. The van der Waals surface area contributed by atoms with E-state index in [1.165, 1.54) is 23.4 Å². The number of amides is 3. The predicted molar refractivity (Wildman–Crippen MR) is 65.7 cm³/mol. The lowest BCUT2D eigenvalue weighted by atomic mass is 10.2. The van der Waals surface area contributed by atoms with E-state index in [1.807, 2.05) is 0 Å². The molecule has 0 aromatic carbocycles. The molecule has 0 spiro atoms. The van der Waals surface area contributed by atoms with Gasteiger partial charge in [0.15, 0.2) is 0 Å². The summed E-state index contributed by atoms with van der Waals surface area (Å²) >= 11 is 0. The van der Waals surface area contributed by atoms with Crippen molar-refractivity contribution in [1.82, 2.24) is 10.3 Å². The molecule has 1 saturated heterocycles. The van der Waals surface area contributed by atoms with Crippen LogP contribution in [0.2, 0.25) is 0 Å². The van der Waals surface area contributed by atoms with Crippen molar-refractivity contribution in [1.29, 1.82) is 0 Å². The Morgan fingerprint density at radius 2 is 2.26 bits per heavy atom. The van der Waals surface area contributed by atoms with Crippen molar-refractivity contribution in [2.75, 3.05) is 18.1 Å². The van der Waals surface area contributed by atoms with Gasteiger partial charge in [-0.05, 0) is 13.0 Å². The summed E-state index contributed by atoms with van der Waals surface area (Å²) in [7, 11) is 0. The van der Waals surface area contributed by atoms with Gasteiger partial charge in [-0.1, -0.05) is 0 Å². The summed E-state index contributed by atoms with van der Waals surface area (Å²) in [4.78, 5) is 39.6. The third-order valence-corrected chi connectivity index (χ3v) is 2.60. The van der Waals surface area contributed by atoms with Crippen LogP contribution in [0.25, 0.3) is 0 Å². The van der Waals surface area contributed by atoms with E-state index in [0.29, 0.717) is 5.69 Å². The smallest absolute Gasteiger partial charge is 0.339 e. The van der Waals surface area contributed by atoms with Crippen LogP contribution >= 0.6 is 0 Å². The Bertz CT molecular complexity index is 529. The molecule has 7 heteroatoms. The fourth-order valence-electron chi connectivity index (χ4n) is 1.71. The lowest BCUT2D eigenvalue weighted by Crippen LogP contribution is -2.49. The van der Waals surface area contributed by atoms with E-state index >= 15 is 0 Å². The molecule has 0 unspecified atom stereocenters. The highest BCUT2D eigenvalue weighted by Gasteiger charge is 2.25. The maximum atomic E-state index is 11.7. The van der Waals surface area contributed by atoms with Gasteiger partial charge < -0.3 is 4.74 Å². The van der Waals surface area contributed by atoms with Crippen LogP contribution in [-0.4, -0.2) is 36.0 Å². The Balaban J connectivity index is 2.21. The van der Waals surface area contributed by atoms with Gasteiger partial charge in [0.1, 0.15) is 0 Å². The first-order chi connectivity index (χ1) is 9.11. The molecule has 3 amide bonds. The number of ether oxygens (including phenoxy) is 1. The average Bonchev–Trinajstić information content (AvgIpc) is 2.39. The molecular weight excluding hydrogens is 250 g/mol. The molecule has 1 fully saturated rings. The number of nitrogens with zero attached hydrogens (tertiary/aromatic N) is 2. The second-order valence-electron chi connectivity index (χ2n) is 3.91. The van der Waals surface area contributed by atoms with Crippen LogP contribution in [0.15, 0.2) is 18.5 Å². The first kappa shape index (κ1) is 13.0. The van der Waals surface area contributed by atoms with Gasteiger partial charge in [0.25, 0.3) is 0 Å². The van der Waals surface area contributed by atoms with Crippen molar-refractivity contribution >= 4 is 23.6 Å². The van der Waals surface area contributed by atoms with Gasteiger partial charge >= 0.3 is 12.0 Å². The number of imide groups is 1. The molecule has 1 aliphatic heterocycles. The number of nitrogens with one attached hydrogen (secondary N) is 1. The number of urea groups is 1. The maximum absolute atomic E-state index is 11.7. The monoisotopic (exact) mass is 263 g/mol. The first-order valence-electron chi connectivity index (χ1n) is 5.85. The zero-order valence-corrected chi connectivity index (χ0v) is 10.4. The molecule has 1 aromatic rings. The lowest BCUT2D eigenvalue weighted by Gasteiger charge is -2.26. The first-order valence-corrected chi connectivity index (χ1v) is 5.85. The summed E-state index contributed by atoms with van der Waals surface area (Å²) < 4.78 is 4.86. The van der Waals surface area contributed by atoms with E-state index in [-0.39, 0.29) is 31.0 Å². The van der Waals surface area contributed by atoms with Gasteiger partial charge in [0.2, 0.25) is 5.91 Å². The van der Waals surface area contributed by atoms with Crippen LogP contribution in [-0.2, 0) is 9.53 Å². The van der Waals surface area contributed by atoms with Crippen molar-refractivity contribution in [2.45, 2.75) is 13.3 Å². The van der Waals surface area contributed by atoms with Crippen molar-refractivity contribution in [2.24, 2.45) is 0 Å². The van der Waals surface area contributed by atoms with Crippen LogP contribution in [0.5, 0.6) is 0 Å². The van der Waals surface area contributed by atoms with E-state index in [2.05, 4.69) is 10.3 Å². The third-order valence-electron chi connectivity index (χ3n) is 2.60. The van der Waals surface area contributed by atoms with Gasteiger partial charge in [0.05, 0.1) is 24.1 Å². The summed E-state index contributed by atoms with van der Waals surface area (Å²) in [5.74, 6) is -0.805. The third kappa shape index (κ3) is 2.87. The molecule has 2 heterocycles. The van der Waals surface area contributed by atoms with Crippen LogP contribution < -0.4 is 10.2 Å². The highest BCUT2D eigenvalue weighted by atomic mass is 16.5. The lowest BCUT2D eigenvalue weighted by molar-refractivity contribution is -0.120. The van der Waals surface area contributed by atoms with Crippen molar-refractivity contribution in [3.05, 3.63) is 24.0 Å². The number of carbonyl (C=O) groups is 3. The van der Waals surface area contributed by atoms with Crippen LogP contribution in [0.4, 0.5) is 10.5 Å². The van der Waals surface area contributed by atoms with E-state index in [0.717, 1.165) is 0 Å². The number of aromatic nitrogens is 1. The van der Waals surface area contributed by atoms with Crippen LogP contribution in [0.1, 0.15) is 23.7 Å². The van der Waals surface area contributed by atoms with Crippen molar-refractivity contribution in [3.63, 3.8) is 0 Å². The van der Waals surface area contributed by atoms with Crippen LogP contribution in [0.3, 0.4) is 0 Å². The second-order valence-corrected chi connectivity index (χ2v) is 3.91. The zero-order chi connectivity index (χ0) is 13.8. The Labute approximate surface area is 109 Å². The standard InChI is InChI=1S/C12H13N3O4/c1-2-19-11(17)8-5-9(7-13-6-8)15-4-3-10(16)14-12(15)18/h5-7H,2-4H2,1H3,(H,14,16,18). The van der Waals surface area contributed by atoms with Crippen molar-refractivity contribution < 1.29 is 19.1 Å². The van der Waals surface area contributed by atoms with E-state index in [4.69, 9.17) is 4.74 Å². The van der Waals surface area contributed by atoms with Crippen LogP contribution in [0, 0.1) is 0 Å². The van der Waals surface area contributed by atoms with Gasteiger partial charge in [-0.25, -0.2) is 9.59 Å². The minimum Gasteiger partial charge on any atom is -0.462 e. The largest absolute Gasteiger partial charge is 0.462 e. The molecule has 0 atom stereocenters. The Morgan fingerprint density at radius 1 is 1.47 bits per heavy atom. The quantitative estimate of drug-likeness (QED) is 0.811. The molecular formula is C12H13N3O4. The molecule has 100 valence electrons. The summed E-state index contributed by atoms with van der Waals surface area (Å²) in [6.07, 6.45) is 3.04. The molecule has 0 bridgehead atoms. The molecule has 1 aliphatic rings. The summed E-state index contributed by atoms with van der Waals surface area (Å²) in [5, 5.41) is 2.21. The zero-order valence-electron chi connectivity index (χ0n) is 10.4. The Morgan fingerprint density at radius 3 is 2.95 bits per heavy atom. The number of rotatable bonds is 3. The van der Waals surface area contributed by atoms with E-state index in [1.54, 1.807) is 6.92 Å². The summed E-state index contributed by atoms with van der Waals surface area (Å²) in [5.41, 5.74) is 0.722. The number of hydrogen-bond acceptors (Lipinski definition) is 5. The maximum Gasteiger partial charge on any atom is 0.339 e. The average molecular weight is 263 g/mol. The van der Waals surface area contributed by atoms with E-state index in [9.17, 15) is 14.4 Å². The summed E-state index contributed by atoms with van der Waals surface area (Å²) in [6.45, 7) is 2.24. The Kier molecular flexibility index (Phi) is 3.74. The molecule has 7 nitrogen and oxygen atoms in total. The Hall–Kier alpha value is -2.44. The number of hydrogen-bond donors (Lipinski definition) is 1. The van der Waals surface area contributed by atoms with Gasteiger partial charge in [-0.2, -0.15) is 0 Å². The SMILES string of the molecule is CCOC(=O)c1cncc(N2CCC(=O)NC2=O)c1. The molecule has 19 heavy (non-hydrogen) atoms. The van der Waals surface area contributed by atoms with Crippen molar-refractivity contribution in [3.8, 4) is 0 Å². The fourth-order valence-corrected chi connectivity index (χ4v) is 1.71. The molecule has 2 rings (SSSR count). The number of carbonyl (C=O) groups excluding carboxylic acids is 3. The van der Waals surface area contributed by atoms with E-state index < -0.39 is 12.0 Å². The highest BCUT2D eigenvalue weighted by Crippen LogP contribution is 2.17. The second kappa shape index (κ2) is 5.47. The highest BCUT2D eigenvalue weighted by molar-refractivity contribution is 6.05. The fraction of sp³-hybridized carbons (Fsp3) is 0.333. The van der Waals surface area contributed by atoms with Gasteiger partial charge in [0, 0.05) is 19.2 Å². The number of pyridine rings is 1. The van der Waals surface area contributed by atoms with Gasteiger partial charge in [-0.15, -0.1) is 0 Å². The minimum absolute atomic E-state index is 0.218. The normalized spacial score (nSPS) is 15.1. The molecule has 0 aliphatic carbocycles. The topological polar surface area (TPSA) is 88.6 Å². The predicted octanol–water partition coefficient (Wildman–Crippen LogP) is 0.705. The minimum atomic E-state index is -0.515. The van der Waals surface area contributed by atoms with Gasteiger partial charge in [-0.3, -0.25) is 20.0 Å². The molecule has 0 saturated carbocycles. The number of esters is 1. The molecule has 1 N–H and O–H groups in total. The molecule has 0 radical (unpaired) electrons. The number of anilines is 1.